The summed E-state index contributed by atoms with van der Waals surface area (Å²) in [5.74, 6) is 1.50. The van der Waals surface area contributed by atoms with Crippen molar-refractivity contribution >= 4 is 11.6 Å². The number of benzene rings is 2. The average molecular weight is 314 g/mol. The quantitative estimate of drug-likeness (QED) is 0.736. The van der Waals surface area contributed by atoms with E-state index in [0.29, 0.717) is 13.2 Å². The van der Waals surface area contributed by atoms with Crippen molar-refractivity contribution in [2.75, 3.05) is 26.4 Å². The van der Waals surface area contributed by atoms with E-state index in [9.17, 15) is 0 Å². The van der Waals surface area contributed by atoms with E-state index in [2.05, 4.69) is 13.0 Å². The minimum atomic E-state index is 0.0126. The molecule has 0 spiro atoms. The smallest absolute Gasteiger partial charge is 0.119 e. The lowest BCUT2D eigenvalue weighted by molar-refractivity contribution is 0.201. The molecule has 4 nitrogen and oxygen atoms in total. The molecule has 0 unspecified atom stereocenters. The zero-order valence-corrected chi connectivity index (χ0v) is 13.2. The molecule has 0 aliphatic carbocycles. The van der Waals surface area contributed by atoms with E-state index >= 15 is 0 Å². The van der Waals surface area contributed by atoms with E-state index in [1.807, 2.05) is 48.5 Å². The first-order valence-corrected chi connectivity index (χ1v) is 7.59. The molecule has 2 aromatic carbocycles. The van der Waals surface area contributed by atoms with Gasteiger partial charge < -0.3 is 19.7 Å². The first kappa shape index (κ1) is 17.1. The van der Waals surface area contributed by atoms with E-state index in [4.69, 9.17) is 19.7 Å². The lowest BCUT2D eigenvalue weighted by Crippen LogP contribution is -2.01. The van der Waals surface area contributed by atoms with E-state index in [1.165, 1.54) is 0 Å². The van der Waals surface area contributed by atoms with Crippen LogP contribution in [0.5, 0.6) is 11.5 Å². The highest BCUT2D eigenvalue weighted by molar-refractivity contribution is 5.80. The Morgan fingerprint density at radius 1 is 0.826 bits per heavy atom. The van der Waals surface area contributed by atoms with E-state index in [1.54, 1.807) is 0 Å². The van der Waals surface area contributed by atoms with Gasteiger partial charge in [-0.25, -0.2) is 0 Å². The van der Waals surface area contributed by atoms with Crippen LogP contribution in [0.25, 0.3) is 11.6 Å². The maximum Gasteiger partial charge on any atom is 0.119 e. The molecule has 2 rings (SSSR count). The fraction of sp³-hybridized carbons (Fsp3) is 0.263. The Bertz CT molecular complexity index is 615. The monoisotopic (exact) mass is 314 g/mol. The number of ether oxygens (including phenoxy) is 2. The topological polar surface area (TPSA) is 58.9 Å². The molecule has 0 fully saturated rings. The Morgan fingerprint density at radius 2 is 1.30 bits per heavy atom. The van der Waals surface area contributed by atoms with Gasteiger partial charge in [-0.15, -0.1) is 0 Å². The average Bonchev–Trinajstić information content (AvgIpc) is 2.59. The Morgan fingerprint density at radius 3 is 1.78 bits per heavy atom. The number of hydrogen-bond acceptors (Lipinski definition) is 4. The highest BCUT2D eigenvalue weighted by Crippen LogP contribution is 2.22. The molecule has 0 aromatic heterocycles. The summed E-state index contributed by atoms with van der Waals surface area (Å²) in [6.45, 7) is 2.69. The van der Waals surface area contributed by atoms with E-state index in [-0.39, 0.29) is 13.2 Å². The summed E-state index contributed by atoms with van der Waals surface area (Å²) in [6.07, 6.45) is 2.10. The lowest BCUT2D eigenvalue weighted by Gasteiger charge is -2.07. The predicted molar refractivity (Wildman–Crippen MR) is 91.6 cm³/mol. The first-order valence-electron chi connectivity index (χ1n) is 7.59. The minimum Gasteiger partial charge on any atom is -0.491 e. The molecule has 0 bridgehead atoms. The Kier molecular flexibility index (Phi) is 6.66. The number of hydrogen-bond donors (Lipinski definition) is 2. The Balaban J connectivity index is 2.03. The molecular formula is C19H22O4. The molecule has 0 radical (unpaired) electrons. The van der Waals surface area contributed by atoms with Gasteiger partial charge in [0, 0.05) is 0 Å². The van der Waals surface area contributed by atoms with Crippen molar-refractivity contribution in [3.63, 3.8) is 0 Å². The fourth-order valence-corrected chi connectivity index (χ4v) is 2.13. The number of aliphatic hydroxyl groups is 2. The van der Waals surface area contributed by atoms with Gasteiger partial charge >= 0.3 is 0 Å². The van der Waals surface area contributed by atoms with Crippen LogP contribution in [0, 0.1) is 0 Å². The highest BCUT2D eigenvalue weighted by Gasteiger charge is 1.99. The second kappa shape index (κ2) is 8.98. The second-order valence-electron chi connectivity index (χ2n) is 5.06. The van der Waals surface area contributed by atoms with Crippen LogP contribution < -0.4 is 9.47 Å². The van der Waals surface area contributed by atoms with Gasteiger partial charge in [-0.1, -0.05) is 30.3 Å². The standard InChI is InChI=1S/C19H22O4/c1-15(17-4-8-19(9-5-17)23-13-11-21)14-16-2-6-18(7-3-16)22-12-10-20/h2-9,14,20-21H,10-13H2,1H3/b15-14+. The van der Waals surface area contributed by atoms with E-state index in [0.717, 1.165) is 28.2 Å². The van der Waals surface area contributed by atoms with Gasteiger partial charge in [-0.2, -0.15) is 0 Å². The fourth-order valence-electron chi connectivity index (χ4n) is 2.13. The van der Waals surface area contributed by atoms with Crippen LogP contribution in [0.3, 0.4) is 0 Å². The summed E-state index contributed by atoms with van der Waals surface area (Å²) in [5.41, 5.74) is 3.34. The summed E-state index contributed by atoms with van der Waals surface area (Å²) < 4.78 is 10.7. The van der Waals surface area contributed by atoms with Gasteiger partial charge in [0.05, 0.1) is 13.2 Å². The molecule has 0 amide bonds. The molecule has 0 atom stereocenters. The Hall–Kier alpha value is -2.30. The molecule has 0 aliphatic heterocycles. The summed E-state index contributed by atoms with van der Waals surface area (Å²) >= 11 is 0. The summed E-state index contributed by atoms with van der Waals surface area (Å²) in [4.78, 5) is 0. The molecule has 122 valence electrons. The van der Waals surface area contributed by atoms with Crippen LogP contribution >= 0.6 is 0 Å². The molecular weight excluding hydrogens is 292 g/mol. The first-order chi connectivity index (χ1) is 11.2. The molecule has 0 aliphatic rings. The van der Waals surface area contributed by atoms with Crippen molar-refractivity contribution in [3.05, 3.63) is 59.7 Å². The van der Waals surface area contributed by atoms with Crippen molar-refractivity contribution in [3.8, 4) is 11.5 Å². The third-order valence-electron chi connectivity index (χ3n) is 3.29. The zero-order valence-electron chi connectivity index (χ0n) is 13.2. The van der Waals surface area contributed by atoms with Gasteiger partial charge in [-0.3, -0.25) is 0 Å². The molecule has 0 saturated carbocycles. The summed E-state index contributed by atoms with van der Waals surface area (Å²) in [5, 5.41) is 17.5. The van der Waals surface area contributed by atoms with Gasteiger partial charge in [0.25, 0.3) is 0 Å². The van der Waals surface area contributed by atoms with Crippen LogP contribution in [0.2, 0.25) is 0 Å². The maximum absolute atomic E-state index is 8.75. The van der Waals surface area contributed by atoms with E-state index < -0.39 is 0 Å². The maximum atomic E-state index is 8.75. The van der Waals surface area contributed by atoms with Crippen molar-refractivity contribution < 1.29 is 19.7 Å². The van der Waals surface area contributed by atoms with Gasteiger partial charge in [-0.05, 0) is 47.9 Å². The van der Waals surface area contributed by atoms with Gasteiger partial charge in [0.1, 0.15) is 24.7 Å². The molecule has 0 saturated heterocycles. The van der Waals surface area contributed by atoms with Crippen LogP contribution in [0.1, 0.15) is 18.1 Å². The van der Waals surface area contributed by atoms with Crippen LogP contribution in [0.15, 0.2) is 48.5 Å². The highest BCUT2D eigenvalue weighted by atomic mass is 16.5. The minimum absolute atomic E-state index is 0.0126. The van der Waals surface area contributed by atoms with Crippen LogP contribution in [-0.2, 0) is 0 Å². The van der Waals surface area contributed by atoms with Gasteiger partial charge in [0.2, 0.25) is 0 Å². The predicted octanol–water partition coefficient (Wildman–Crippen LogP) is 2.99. The largest absolute Gasteiger partial charge is 0.491 e. The number of aliphatic hydroxyl groups excluding tert-OH is 2. The van der Waals surface area contributed by atoms with Crippen molar-refractivity contribution in [2.45, 2.75) is 6.92 Å². The number of rotatable bonds is 8. The molecule has 23 heavy (non-hydrogen) atoms. The van der Waals surface area contributed by atoms with Crippen LogP contribution in [0.4, 0.5) is 0 Å². The molecule has 2 aromatic rings. The second-order valence-corrected chi connectivity index (χ2v) is 5.06. The van der Waals surface area contributed by atoms with Crippen LogP contribution in [-0.4, -0.2) is 36.6 Å². The third-order valence-corrected chi connectivity index (χ3v) is 3.29. The van der Waals surface area contributed by atoms with Crippen molar-refractivity contribution in [1.82, 2.24) is 0 Å². The molecule has 0 heterocycles. The lowest BCUT2D eigenvalue weighted by atomic mass is 10.0. The van der Waals surface area contributed by atoms with Crippen molar-refractivity contribution in [1.29, 1.82) is 0 Å². The SMILES string of the molecule is C/C(=C\c1ccc(OCCO)cc1)c1ccc(OCCO)cc1. The summed E-state index contributed by atoms with van der Waals surface area (Å²) in [7, 11) is 0. The number of allylic oxidation sites excluding steroid dienone is 1. The van der Waals surface area contributed by atoms with Crippen molar-refractivity contribution in [2.24, 2.45) is 0 Å². The molecule has 2 N–H and O–H groups in total. The summed E-state index contributed by atoms with van der Waals surface area (Å²) in [6, 6.07) is 15.5. The molecule has 4 heteroatoms. The normalized spacial score (nSPS) is 11.3. The zero-order chi connectivity index (χ0) is 16.5. The third kappa shape index (κ3) is 5.43. The Labute approximate surface area is 136 Å². The van der Waals surface area contributed by atoms with Gasteiger partial charge in [0.15, 0.2) is 0 Å².